The largest absolute Gasteiger partial charge is 0.496 e. The lowest BCUT2D eigenvalue weighted by Gasteiger charge is -2.13. The molecule has 2 nitrogen and oxygen atoms in total. The summed E-state index contributed by atoms with van der Waals surface area (Å²) in [4.78, 5) is 4.87. The Bertz CT molecular complexity index is 726. The number of hydrogen-bond acceptors (Lipinski definition) is 2. The predicted octanol–water partition coefficient (Wildman–Crippen LogP) is 5.62. The van der Waals surface area contributed by atoms with E-state index < -0.39 is 0 Å². The monoisotopic (exact) mass is 295 g/mol. The molecule has 0 N–H and O–H groups in total. The lowest BCUT2D eigenvalue weighted by molar-refractivity contribution is 0.412. The molecule has 0 saturated heterocycles. The molecule has 0 bridgehead atoms. The van der Waals surface area contributed by atoms with Crippen molar-refractivity contribution in [1.29, 1.82) is 0 Å². The number of methoxy groups -OCH3 is 1. The van der Waals surface area contributed by atoms with E-state index in [2.05, 4.69) is 44.2 Å². The molecule has 1 heterocycles. The number of nitrogens with zero attached hydrogens (tertiary/aromatic N) is 1. The molecule has 1 aromatic carbocycles. The summed E-state index contributed by atoms with van der Waals surface area (Å²) in [7, 11) is 1.71. The van der Waals surface area contributed by atoms with Crippen molar-refractivity contribution in [2.24, 2.45) is 0 Å². The van der Waals surface area contributed by atoms with E-state index in [1.54, 1.807) is 7.11 Å². The van der Waals surface area contributed by atoms with Crippen molar-refractivity contribution in [3.05, 3.63) is 53.2 Å². The predicted molar refractivity (Wildman–Crippen MR) is 95.5 cm³/mol. The second kappa shape index (κ2) is 7.26. The van der Waals surface area contributed by atoms with Crippen LogP contribution in [0.25, 0.3) is 16.5 Å². The van der Waals surface area contributed by atoms with Crippen LogP contribution >= 0.6 is 0 Å². The van der Waals surface area contributed by atoms with Crippen LogP contribution in [-0.4, -0.2) is 12.1 Å². The Balaban J connectivity index is 0.000000847. The Kier molecular flexibility index (Phi) is 5.37. The topological polar surface area (TPSA) is 22.1 Å². The lowest BCUT2D eigenvalue weighted by Crippen LogP contribution is -1.96. The average Bonchev–Trinajstić information content (AvgIpc) is 2.58. The highest BCUT2D eigenvalue weighted by atomic mass is 16.5. The van der Waals surface area contributed by atoms with Crippen LogP contribution in [0.5, 0.6) is 5.75 Å². The summed E-state index contributed by atoms with van der Waals surface area (Å²) in [5.41, 5.74) is 5.69. The van der Waals surface area contributed by atoms with Gasteiger partial charge in [-0.2, -0.15) is 0 Å². The Morgan fingerprint density at radius 1 is 1.09 bits per heavy atom. The number of rotatable bonds is 2. The SMILES string of the molecule is CC.COc1ccc2c(C)cc(C3=CCCC=C3)nc2c1C. The van der Waals surface area contributed by atoms with E-state index in [9.17, 15) is 0 Å². The summed E-state index contributed by atoms with van der Waals surface area (Å²) in [5, 5.41) is 1.20. The fourth-order valence-electron chi connectivity index (χ4n) is 2.75. The Labute approximate surface area is 133 Å². The number of fused-ring (bicyclic) bond motifs is 1. The van der Waals surface area contributed by atoms with Crippen molar-refractivity contribution in [3.63, 3.8) is 0 Å². The number of pyridine rings is 1. The minimum atomic E-state index is 0.898. The highest BCUT2D eigenvalue weighted by Gasteiger charge is 2.11. The first-order valence-corrected chi connectivity index (χ1v) is 8.02. The van der Waals surface area contributed by atoms with Gasteiger partial charge in [0.1, 0.15) is 5.75 Å². The lowest BCUT2D eigenvalue weighted by atomic mass is 9.99. The van der Waals surface area contributed by atoms with Crippen molar-refractivity contribution < 1.29 is 4.74 Å². The first-order valence-electron chi connectivity index (χ1n) is 8.02. The van der Waals surface area contributed by atoms with Gasteiger partial charge in [0.2, 0.25) is 0 Å². The van der Waals surface area contributed by atoms with Crippen molar-refractivity contribution in [2.45, 2.75) is 40.5 Å². The molecular weight excluding hydrogens is 270 g/mol. The van der Waals surface area contributed by atoms with Crippen LogP contribution in [0, 0.1) is 13.8 Å². The molecule has 2 aromatic rings. The van der Waals surface area contributed by atoms with E-state index in [0.29, 0.717) is 0 Å². The molecule has 0 amide bonds. The number of aromatic nitrogens is 1. The van der Waals surface area contributed by atoms with Crippen molar-refractivity contribution in [1.82, 2.24) is 4.98 Å². The molecule has 1 aromatic heterocycles. The zero-order valence-corrected chi connectivity index (χ0v) is 14.2. The number of hydrogen-bond donors (Lipinski definition) is 0. The van der Waals surface area contributed by atoms with Crippen molar-refractivity contribution in [3.8, 4) is 5.75 Å². The molecule has 0 spiro atoms. The Hall–Kier alpha value is -2.09. The maximum Gasteiger partial charge on any atom is 0.123 e. The molecule has 0 aliphatic heterocycles. The first kappa shape index (κ1) is 16.3. The summed E-state index contributed by atoms with van der Waals surface area (Å²) in [6.45, 7) is 8.22. The van der Waals surface area contributed by atoms with Crippen molar-refractivity contribution in [2.75, 3.05) is 7.11 Å². The summed E-state index contributed by atoms with van der Waals surface area (Å²) in [5.74, 6) is 0.898. The number of benzene rings is 1. The molecule has 22 heavy (non-hydrogen) atoms. The maximum atomic E-state index is 5.41. The van der Waals surface area contributed by atoms with Gasteiger partial charge in [-0.3, -0.25) is 0 Å². The second-order valence-electron chi connectivity index (χ2n) is 5.25. The third kappa shape index (κ3) is 3.06. The minimum absolute atomic E-state index is 0.898. The van der Waals surface area contributed by atoms with E-state index >= 15 is 0 Å². The Morgan fingerprint density at radius 3 is 2.50 bits per heavy atom. The van der Waals surface area contributed by atoms with Gasteiger partial charge in [0.25, 0.3) is 0 Å². The number of allylic oxidation sites excluding steroid dienone is 4. The summed E-state index contributed by atoms with van der Waals surface area (Å²) >= 11 is 0. The van der Waals surface area contributed by atoms with Crippen LogP contribution in [0.4, 0.5) is 0 Å². The van der Waals surface area contributed by atoms with E-state index in [-0.39, 0.29) is 0 Å². The molecule has 1 aliphatic rings. The van der Waals surface area contributed by atoms with Gasteiger partial charge in [0.05, 0.1) is 18.3 Å². The normalized spacial score (nSPS) is 13.4. The molecule has 3 rings (SSSR count). The molecule has 0 unspecified atom stereocenters. The number of aryl methyl sites for hydroxylation is 2. The van der Waals surface area contributed by atoms with Crippen LogP contribution in [0.1, 0.15) is 43.5 Å². The Morgan fingerprint density at radius 2 is 1.86 bits per heavy atom. The summed E-state index contributed by atoms with van der Waals surface area (Å²) in [6.07, 6.45) is 8.88. The van der Waals surface area contributed by atoms with E-state index in [1.165, 1.54) is 16.5 Å². The summed E-state index contributed by atoms with van der Waals surface area (Å²) in [6, 6.07) is 6.29. The van der Waals surface area contributed by atoms with Gasteiger partial charge in [0, 0.05) is 10.9 Å². The molecule has 0 saturated carbocycles. The molecule has 0 radical (unpaired) electrons. The van der Waals surface area contributed by atoms with Gasteiger partial charge in [-0.05, 0) is 56.0 Å². The van der Waals surface area contributed by atoms with Crippen LogP contribution in [0.15, 0.2) is 36.4 Å². The third-order valence-corrected chi connectivity index (χ3v) is 3.90. The van der Waals surface area contributed by atoms with Gasteiger partial charge in [-0.1, -0.05) is 32.1 Å². The quantitative estimate of drug-likeness (QED) is 0.717. The van der Waals surface area contributed by atoms with Gasteiger partial charge in [0.15, 0.2) is 0 Å². The van der Waals surface area contributed by atoms with E-state index in [0.717, 1.165) is 35.4 Å². The van der Waals surface area contributed by atoms with Gasteiger partial charge >= 0.3 is 0 Å². The molecule has 2 heteroatoms. The van der Waals surface area contributed by atoms with Crippen LogP contribution < -0.4 is 4.74 Å². The van der Waals surface area contributed by atoms with Crippen molar-refractivity contribution >= 4 is 16.5 Å². The smallest absolute Gasteiger partial charge is 0.123 e. The molecule has 116 valence electrons. The minimum Gasteiger partial charge on any atom is -0.496 e. The highest BCUT2D eigenvalue weighted by molar-refractivity contribution is 5.89. The third-order valence-electron chi connectivity index (χ3n) is 3.90. The van der Waals surface area contributed by atoms with Crippen LogP contribution in [-0.2, 0) is 0 Å². The van der Waals surface area contributed by atoms with Crippen LogP contribution in [0.3, 0.4) is 0 Å². The molecule has 0 fully saturated rings. The standard InChI is InChI=1S/C18H19NO.C2H6/c1-12-11-16(14-7-5-4-6-8-14)19-18-13(2)17(20-3)10-9-15(12)18;1-2/h5,7-11H,4,6H2,1-3H3;1-2H3. The zero-order valence-electron chi connectivity index (χ0n) is 14.2. The summed E-state index contributed by atoms with van der Waals surface area (Å²) < 4.78 is 5.41. The van der Waals surface area contributed by atoms with Gasteiger partial charge in [-0.15, -0.1) is 0 Å². The highest BCUT2D eigenvalue weighted by Crippen LogP contribution is 2.30. The fourth-order valence-corrected chi connectivity index (χ4v) is 2.75. The molecule has 1 aliphatic carbocycles. The number of ether oxygens (including phenoxy) is 1. The molecule has 0 atom stereocenters. The molecular formula is C20H25NO. The second-order valence-corrected chi connectivity index (χ2v) is 5.25. The fraction of sp³-hybridized carbons (Fsp3) is 0.350. The van der Waals surface area contributed by atoms with Gasteiger partial charge < -0.3 is 4.74 Å². The van der Waals surface area contributed by atoms with E-state index in [4.69, 9.17) is 9.72 Å². The average molecular weight is 295 g/mol. The maximum absolute atomic E-state index is 5.41. The van der Waals surface area contributed by atoms with Crippen LogP contribution in [0.2, 0.25) is 0 Å². The zero-order chi connectivity index (χ0) is 16.1. The van der Waals surface area contributed by atoms with E-state index in [1.807, 2.05) is 19.9 Å². The van der Waals surface area contributed by atoms with Gasteiger partial charge in [-0.25, -0.2) is 4.98 Å². The first-order chi connectivity index (χ1) is 10.7.